The Kier molecular flexibility index (Phi) is 8.84. The molecule has 0 aromatic carbocycles. The Morgan fingerprint density at radius 3 is 2.51 bits per heavy atom. The van der Waals surface area contributed by atoms with Crippen LogP contribution in [-0.4, -0.2) is 60.2 Å². The summed E-state index contributed by atoms with van der Waals surface area (Å²) in [5.41, 5.74) is 0.348. The largest absolute Gasteiger partial charge is 0.494 e. The highest BCUT2D eigenvalue weighted by Crippen LogP contribution is 2.30. The number of imidazole rings is 1. The van der Waals surface area contributed by atoms with E-state index in [-0.39, 0.29) is 46.1 Å². The number of pyridine rings is 1. The molecule has 9 nitrogen and oxygen atoms in total. The standard InChI is InChI=1S/C24H30F3N5O4S/c1-4-21-31-22(23(33)30-13-15-5-7-17(8-6-15)37(3,34)35)18(12-28)32(21)19-14-29-16(11-20(19)36-2)9-10-24(25,26)27/h11,14-15,17H,4-10,13H2,1-3H3,(H,30,33). The number of sulfone groups is 1. The van der Waals surface area contributed by atoms with Crippen LogP contribution in [0.3, 0.4) is 0 Å². The predicted octanol–water partition coefficient (Wildman–Crippen LogP) is 3.54. The Balaban J connectivity index is 1.81. The monoisotopic (exact) mass is 541 g/mol. The quantitative estimate of drug-likeness (QED) is 0.514. The van der Waals surface area contributed by atoms with Crippen molar-refractivity contribution in [3.05, 3.63) is 35.2 Å². The first-order chi connectivity index (χ1) is 17.4. The van der Waals surface area contributed by atoms with Crippen molar-refractivity contribution in [2.45, 2.75) is 63.3 Å². The van der Waals surface area contributed by atoms with E-state index >= 15 is 0 Å². The van der Waals surface area contributed by atoms with Crippen LogP contribution in [0.2, 0.25) is 0 Å². The number of nitrogens with one attached hydrogen (secondary N) is 1. The molecule has 2 heterocycles. The van der Waals surface area contributed by atoms with E-state index < -0.39 is 28.3 Å². The van der Waals surface area contributed by atoms with Gasteiger partial charge in [-0.3, -0.25) is 14.3 Å². The summed E-state index contributed by atoms with van der Waals surface area (Å²) in [4.78, 5) is 21.5. The SMILES string of the molecule is CCc1nc(C(=O)NCC2CCC(S(C)(=O)=O)CC2)c(C#N)n1-c1cnc(CCC(F)(F)F)cc1OC. The minimum absolute atomic E-state index is 0.0433. The lowest BCUT2D eigenvalue weighted by Gasteiger charge is -2.27. The molecule has 13 heteroatoms. The van der Waals surface area contributed by atoms with Crippen molar-refractivity contribution in [2.75, 3.05) is 19.9 Å². The number of aryl methyl sites for hydroxylation is 2. The van der Waals surface area contributed by atoms with E-state index in [2.05, 4.69) is 15.3 Å². The summed E-state index contributed by atoms with van der Waals surface area (Å²) in [5, 5.41) is 12.4. The number of aromatic nitrogens is 3. The van der Waals surface area contributed by atoms with Crippen LogP contribution in [0.25, 0.3) is 5.69 Å². The molecule has 1 fully saturated rings. The number of amides is 1. The van der Waals surface area contributed by atoms with E-state index in [1.165, 1.54) is 30.2 Å². The minimum Gasteiger partial charge on any atom is -0.494 e. The van der Waals surface area contributed by atoms with Gasteiger partial charge in [-0.1, -0.05) is 6.92 Å². The van der Waals surface area contributed by atoms with Crippen LogP contribution >= 0.6 is 0 Å². The number of carbonyl (C=O) groups is 1. The highest BCUT2D eigenvalue weighted by Gasteiger charge is 2.30. The maximum atomic E-state index is 13.0. The van der Waals surface area contributed by atoms with Crippen molar-refractivity contribution in [3.63, 3.8) is 0 Å². The summed E-state index contributed by atoms with van der Waals surface area (Å²) in [5.74, 6) is 0.168. The number of methoxy groups -OCH3 is 1. The molecular weight excluding hydrogens is 511 g/mol. The van der Waals surface area contributed by atoms with Crippen LogP contribution in [0.5, 0.6) is 5.75 Å². The lowest BCUT2D eigenvalue weighted by molar-refractivity contribution is -0.134. The second kappa shape index (κ2) is 11.5. The highest BCUT2D eigenvalue weighted by molar-refractivity contribution is 7.91. The van der Waals surface area contributed by atoms with Gasteiger partial charge < -0.3 is 10.1 Å². The fraction of sp³-hybridized carbons (Fsp3) is 0.583. The topological polar surface area (TPSA) is 127 Å². The molecule has 0 saturated heterocycles. The van der Waals surface area contributed by atoms with E-state index in [4.69, 9.17) is 4.74 Å². The lowest BCUT2D eigenvalue weighted by atomic mass is 9.89. The first-order valence-electron chi connectivity index (χ1n) is 12.0. The summed E-state index contributed by atoms with van der Waals surface area (Å²) in [6.07, 6.45) is -0.339. The van der Waals surface area contributed by atoms with E-state index in [1.54, 1.807) is 6.92 Å². The molecule has 1 saturated carbocycles. The van der Waals surface area contributed by atoms with Crippen molar-refractivity contribution >= 4 is 15.7 Å². The summed E-state index contributed by atoms with van der Waals surface area (Å²) in [6.45, 7) is 2.12. The molecule has 2 aromatic heterocycles. The maximum Gasteiger partial charge on any atom is 0.389 e. The van der Waals surface area contributed by atoms with E-state index in [1.807, 2.05) is 6.07 Å². The highest BCUT2D eigenvalue weighted by atomic mass is 32.2. The Hall–Kier alpha value is -3.14. The molecule has 1 aliphatic rings. The van der Waals surface area contributed by atoms with Gasteiger partial charge >= 0.3 is 6.18 Å². The van der Waals surface area contributed by atoms with E-state index in [0.29, 0.717) is 44.5 Å². The van der Waals surface area contributed by atoms with Crippen LogP contribution in [0.1, 0.15) is 66.7 Å². The molecule has 0 radical (unpaired) electrons. The number of hydrogen-bond donors (Lipinski definition) is 1. The van der Waals surface area contributed by atoms with Crippen molar-refractivity contribution in [3.8, 4) is 17.5 Å². The maximum absolute atomic E-state index is 13.0. The molecule has 0 atom stereocenters. The third kappa shape index (κ3) is 7.00. The van der Waals surface area contributed by atoms with Crippen LogP contribution in [0.4, 0.5) is 13.2 Å². The molecule has 1 N–H and O–H groups in total. The van der Waals surface area contributed by atoms with Gasteiger partial charge in [0.05, 0.1) is 18.6 Å². The van der Waals surface area contributed by atoms with Gasteiger partial charge in [0.1, 0.15) is 33.2 Å². The number of ether oxygens (including phenoxy) is 1. The normalized spacial score (nSPS) is 18.3. The molecule has 0 spiro atoms. The molecule has 3 rings (SSSR count). The van der Waals surface area contributed by atoms with Gasteiger partial charge in [0.15, 0.2) is 11.4 Å². The number of alkyl halides is 3. The lowest BCUT2D eigenvalue weighted by Crippen LogP contribution is -2.34. The minimum atomic E-state index is -4.32. The Morgan fingerprint density at radius 1 is 1.30 bits per heavy atom. The van der Waals surface area contributed by atoms with Crippen LogP contribution in [-0.2, 0) is 22.7 Å². The van der Waals surface area contributed by atoms with Gasteiger partial charge in [-0.05, 0) is 38.0 Å². The van der Waals surface area contributed by atoms with Gasteiger partial charge in [-0.15, -0.1) is 0 Å². The zero-order valence-electron chi connectivity index (χ0n) is 20.9. The van der Waals surface area contributed by atoms with E-state index in [0.717, 1.165) is 0 Å². The second-order valence-corrected chi connectivity index (χ2v) is 11.5. The van der Waals surface area contributed by atoms with Gasteiger partial charge in [0.2, 0.25) is 0 Å². The molecule has 1 amide bonds. The Morgan fingerprint density at radius 2 is 1.97 bits per heavy atom. The number of halogens is 3. The van der Waals surface area contributed by atoms with Crippen molar-refractivity contribution < 1.29 is 31.1 Å². The number of nitriles is 1. The van der Waals surface area contributed by atoms with Crippen LogP contribution in [0, 0.1) is 17.2 Å². The van der Waals surface area contributed by atoms with E-state index in [9.17, 15) is 31.6 Å². The van der Waals surface area contributed by atoms with Gasteiger partial charge in [-0.25, -0.2) is 13.4 Å². The predicted molar refractivity (Wildman–Crippen MR) is 129 cm³/mol. The average molecular weight is 542 g/mol. The summed E-state index contributed by atoms with van der Waals surface area (Å²) >= 11 is 0. The van der Waals surface area contributed by atoms with Gasteiger partial charge in [0, 0.05) is 37.4 Å². The molecular formula is C24H30F3N5O4S. The molecule has 0 bridgehead atoms. The Bertz CT molecular complexity index is 1280. The fourth-order valence-electron chi connectivity index (χ4n) is 4.52. The van der Waals surface area contributed by atoms with Gasteiger partial charge in [-0.2, -0.15) is 18.4 Å². The molecule has 202 valence electrons. The Labute approximate surface area is 214 Å². The van der Waals surface area contributed by atoms with Crippen LogP contribution < -0.4 is 10.1 Å². The van der Waals surface area contributed by atoms with Crippen molar-refractivity contribution in [2.24, 2.45) is 5.92 Å². The molecule has 0 unspecified atom stereocenters. The summed E-state index contributed by atoms with van der Waals surface area (Å²) in [7, 11) is -1.73. The second-order valence-electron chi connectivity index (χ2n) is 9.17. The molecule has 1 aliphatic carbocycles. The first kappa shape index (κ1) is 28.4. The average Bonchev–Trinajstić information content (AvgIpc) is 3.23. The van der Waals surface area contributed by atoms with Crippen LogP contribution in [0.15, 0.2) is 12.3 Å². The molecule has 37 heavy (non-hydrogen) atoms. The third-order valence-electron chi connectivity index (χ3n) is 6.56. The number of rotatable bonds is 9. The smallest absolute Gasteiger partial charge is 0.389 e. The first-order valence-corrected chi connectivity index (χ1v) is 13.9. The van der Waals surface area contributed by atoms with Crippen molar-refractivity contribution in [1.82, 2.24) is 19.9 Å². The molecule has 0 aliphatic heterocycles. The molecule has 2 aromatic rings. The number of nitrogens with zero attached hydrogens (tertiary/aromatic N) is 4. The summed E-state index contributed by atoms with van der Waals surface area (Å²) < 4.78 is 68.2. The van der Waals surface area contributed by atoms with Gasteiger partial charge in [0.25, 0.3) is 5.91 Å². The zero-order chi connectivity index (χ0) is 27.4. The number of carbonyl (C=O) groups excluding carboxylic acids is 1. The summed E-state index contributed by atoms with van der Waals surface area (Å²) in [6, 6.07) is 3.39. The third-order valence-corrected chi connectivity index (χ3v) is 8.25. The fourth-order valence-corrected chi connectivity index (χ4v) is 5.65. The number of hydrogen-bond acceptors (Lipinski definition) is 7. The zero-order valence-corrected chi connectivity index (χ0v) is 21.7. The van der Waals surface area contributed by atoms with Crippen molar-refractivity contribution in [1.29, 1.82) is 5.26 Å².